The van der Waals surface area contributed by atoms with Gasteiger partial charge in [0.25, 0.3) is 5.91 Å². The third-order valence-corrected chi connectivity index (χ3v) is 4.60. The zero-order chi connectivity index (χ0) is 11.2. The minimum Gasteiger partial charge on any atom is -0.467 e. The lowest BCUT2D eigenvalue weighted by molar-refractivity contribution is -0.149. The van der Waals surface area contributed by atoms with Gasteiger partial charge in [-0.1, -0.05) is 23.2 Å². The molecule has 2 atom stereocenters. The van der Waals surface area contributed by atoms with Gasteiger partial charge < -0.3 is 9.64 Å². The van der Waals surface area contributed by atoms with E-state index in [2.05, 4.69) is 4.74 Å². The fourth-order valence-electron chi connectivity index (χ4n) is 1.59. The average Bonchev–Trinajstić information content (AvgIpc) is 2.75. The summed E-state index contributed by atoms with van der Waals surface area (Å²) >= 11 is 13.0. The maximum absolute atomic E-state index is 11.7. The maximum Gasteiger partial charge on any atom is 0.329 e. The van der Waals surface area contributed by atoms with Crippen LogP contribution in [0.15, 0.2) is 10.1 Å². The summed E-state index contributed by atoms with van der Waals surface area (Å²) in [6.07, 6.45) is 0. The summed E-state index contributed by atoms with van der Waals surface area (Å²) in [4.78, 5) is 24.4. The number of nitrogens with zero attached hydrogens (tertiary/aromatic N) is 1. The van der Waals surface area contributed by atoms with E-state index in [1.54, 1.807) is 0 Å². The van der Waals surface area contributed by atoms with E-state index in [4.69, 9.17) is 23.2 Å². The summed E-state index contributed by atoms with van der Waals surface area (Å²) in [5.41, 5.74) is 0. The number of hydrogen-bond donors (Lipinski definition) is 0. The molecule has 0 aromatic heterocycles. The molecule has 0 aromatic rings. The molecule has 0 aliphatic carbocycles. The van der Waals surface area contributed by atoms with E-state index in [0.717, 1.165) is 0 Å². The van der Waals surface area contributed by atoms with Gasteiger partial charge in [-0.05, 0) is 0 Å². The number of ether oxygens (including phenoxy) is 1. The van der Waals surface area contributed by atoms with Gasteiger partial charge in [0, 0.05) is 5.75 Å². The number of thioether (sulfide) groups is 1. The minimum atomic E-state index is -0.581. The Morgan fingerprint density at radius 1 is 1.60 bits per heavy atom. The van der Waals surface area contributed by atoms with Gasteiger partial charge in [0.15, 0.2) is 0 Å². The summed E-state index contributed by atoms with van der Waals surface area (Å²) in [5, 5.41) is -0.0170. The van der Waals surface area contributed by atoms with Crippen molar-refractivity contribution in [3.05, 3.63) is 10.1 Å². The molecule has 0 bridgehead atoms. The Bertz CT molecular complexity index is 371. The highest BCUT2D eigenvalue weighted by atomic mass is 35.5. The second-order valence-corrected chi connectivity index (χ2v) is 5.00. The molecule has 7 heteroatoms. The van der Waals surface area contributed by atoms with E-state index in [1.165, 1.54) is 23.8 Å². The quantitative estimate of drug-likeness (QED) is 0.669. The van der Waals surface area contributed by atoms with Gasteiger partial charge >= 0.3 is 5.97 Å². The van der Waals surface area contributed by atoms with Crippen molar-refractivity contribution in [2.75, 3.05) is 12.9 Å². The van der Waals surface area contributed by atoms with Crippen molar-refractivity contribution in [2.45, 2.75) is 11.4 Å². The van der Waals surface area contributed by atoms with Crippen molar-refractivity contribution in [3.8, 4) is 0 Å². The molecule has 2 aliphatic rings. The molecule has 2 unspecified atom stereocenters. The standard InChI is InChI=1S/C8H7Cl2NO3S/c1-14-8(13)3-2-15-7-5(10)4(9)6(12)11(3)7/h3,7H,2H2,1H3. The van der Waals surface area contributed by atoms with Gasteiger partial charge in [-0.25, -0.2) is 4.79 Å². The van der Waals surface area contributed by atoms with Crippen molar-refractivity contribution in [3.63, 3.8) is 0 Å². The number of halogens is 2. The van der Waals surface area contributed by atoms with Crippen LogP contribution >= 0.6 is 35.0 Å². The number of carbonyl (C=O) groups is 2. The maximum atomic E-state index is 11.7. The van der Waals surface area contributed by atoms with Crippen LogP contribution in [-0.2, 0) is 14.3 Å². The molecule has 2 aliphatic heterocycles. The summed E-state index contributed by atoms with van der Waals surface area (Å²) < 4.78 is 4.61. The molecular weight excluding hydrogens is 261 g/mol. The molecule has 0 N–H and O–H groups in total. The number of esters is 1. The summed E-state index contributed by atoms with van der Waals surface area (Å²) in [5.74, 6) is -0.343. The molecule has 0 aromatic carbocycles. The molecule has 1 saturated heterocycles. The van der Waals surface area contributed by atoms with Crippen molar-refractivity contribution in [1.29, 1.82) is 0 Å². The molecule has 2 rings (SSSR count). The summed E-state index contributed by atoms with van der Waals surface area (Å²) in [6, 6.07) is -0.581. The van der Waals surface area contributed by atoms with Crippen LogP contribution in [0.4, 0.5) is 0 Å². The monoisotopic (exact) mass is 267 g/mol. The Labute approximate surface area is 101 Å². The topological polar surface area (TPSA) is 46.6 Å². The number of amides is 1. The Kier molecular flexibility index (Phi) is 2.87. The van der Waals surface area contributed by atoms with E-state index < -0.39 is 17.9 Å². The first-order valence-corrected chi connectivity index (χ1v) is 5.95. The van der Waals surface area contributed by atoms with Crippen molar-refractivity contribution >= 4 is 46.8 Å². The lowest BCUT2D eigenvalue weighted by Gasteiger charge is -2.21. The van der Waals surface area contributed by atoms with Crippen LogP contribution in [0, 0.1) is 0 Å². The first kappa shape index (κ1) is 11.1. The van der Waals surface area contributed by atoms with Crippen molar-refractivity contribution in [2.24, 2.45) is 0 Å². The minimum absolute atomic E-state index is 0.00256. The van der Waals surface area contributed by atoms with E-state index in [1.807, 2.05) is 0 Å². The Balaban J connectivity index is 2.27. The molecule has 2 heterocycles. The van der Waals surface area contributed by atoms with Gasteiger partial charge in [-0.2, -0.15) is 0 Å². The molecule has 15 heavy (non-hydrogen) atoms. The molecule has 0 radical (unpaired) electrons. The van der Waals surface area contributed by atoms with E-state index in [9.17, 15) is 9.59 Å². The molecule has 1 amide bonds. The van der Waals surface area contributed by atoms with Crippen LogP contribution in [0.25, 0.3) is 0 Å². The smallest absolute Gasteiger partial charge is 0.329 e. The largest absolute Gasteiger partial charge is 0.467 e. The van der Waals surface area contributed by atoms with Crippen LogP contribution in [0.1, 0.15) is 0 Å². The molecule has 1 fully saturated rings. The lowest BCUT2D eigenvalue weighted by Crippen LogP contribution is -2.43. The lowest BCUT2D eigenvalue weighted by atomic mass is 10.3. The van der Waals surface area contributed by atoms with Gasteiger partial charge in [0.2, 0.25) is 0 Å². The Morgan fingerprint density at radius 2 is 2.27 bits per heavy atom. The van der Waals surface area contributed by atoms with Crippen LogP contribution in [0.3, 0.4) is 0 Å². The third kappa shape index (κ3) is 1.53. The van der Waals surface area contributed by atoms with E-state index in [-0.39, 0.29) is 10.4 Å². The Hall–Kier alpha value is -0.390. The van der Waals surface area contributed by atoms with Gasteiger partial charge in [-0.15, -0.1) is 11.8 Å². The van der Waals surface area contributed by atoms with Gasteiger partial charge in [0.05, 0.1) is 12.1 Å². The van der Waals surface area contributed by atoms with Crippen molar-refractivity contribution in [1.82, 2.24) is 4.90 Å². The van der Waals surface area contributed by atoms with Gasteiger partial charge in [0.1, 0.15) is 16.4 Å². The predicted molar refractivity (Wildman–Crippen MR) is 57.6 cm³/mol. The Morgan fingerprint density at radius 3 is 2.87 bits per heavy atom. The highest BCUT2D eigenvalue weighted by Crippen LogP contribution is 2.44. The normalized spacial score (nSPS) is 29.8. The molecule has 4 nitrogen and oxygen atoms in total. The van der Waals surface area contributed by atoms with E-state index >= 15 is 0 Å². The molecular formula is C8H7Cl2NO3S. The van der Waals surface area contributed by atoms with E-state index in [0.29, 0.717) is 10.8 Å². The SMILES string of the molecule is COC(=O)C1CSC2C(Cl)=C(Cl)C(=O)N12. The molecule has 0 spiro atoms. The van der Waals surface area contributed by atoms with Crippen LogP contribution in [-0.4, -0.2) is 41.1 Å². The highest BCUT2D eigenvalue weighted by Gasteiger charge is 2.49. The zero-order valence-electron chi connectivity index (χ0n) is 7.70. The number of carbonyl (C=O) groups excluding carboxylic acids is 2. The number of methoxy groups -OCH3 is 1. The number of rotatable bonds is 1. The van der Waals surface area contributed by atoms with Crippen LogP contribution < -0.4 is 0 Å². The van der Waals surface area contributed by atoms with Crippen LogP contribution in [0.5, 0.6) is 0 Å². The first-order valence-electron chi connectivity index (χ1n) is 4.15. The van der Waals surface area contributed by atoms with Gasteiger partial charge in [-0.3, -0.25) is 4.79 Å². The van der Waals surface area contributed by atoms with Crippen molar-refractivity contribution < 1.29 is 14.3 Å². The predicted octanol–water partition coefficient (Wildman–Crippen LogP) is 1.13. The summed E-state index contributed by atoms with van der Waals surface area (Å²) in [7, 11) is 1.29. The third-order valence-electron chi connectivity index (χ3n) is 2.32. The molecule has 82 valence electrons. The summed E-state index contributed by atoms with van der Waals surface area (Å²) in [6.45, 7) is 0. The first-order chi connectivity index (χ1) is 7.07. The fourth-order valence-corrected chi connectivity index (χ4v) is 3.56. The zero-order valence-corrected chi connectivity index (χ0v) is 10.0. The highest BCUT2D eigenvalue weighted by molar-refractivity contribution is 8.00. The fraction of sp³-hybridized carbons (Fsp3) is 0.500. The van der Waals surface area contributed by atoms with Crippen LogP contribution in [0.2, 0.25) is 0 Å². The number of fused-ring (bicyclic) bond motifs is 1. The average molecular weight is 268 g/mol. The molecule has 0 saturated carbocycles. The number of hydrogen-bond acceptors (Lipinski definition) is 4. The second kappa shape index (κ2) is 3.88. The second-order valence-electron chi connectivity index (χ2n) is 3.10.